The van der Waals surface area contributed by atoms with Crippen molar-refractivity contribution in [2.75, 3.05) is 37.6 Å². The number of aliphatic hydroxyl groups excluding tert-OH is 1. The van der Waals surface area contributed by atoms with Crippen LogP contribution in [0.3, 0.4) is 0 Å². The first-order valence-corrected chi connectivity index (χ1v) is 11.0. The number of nitriles is 1. The summed E-state index contributed by atoms with van der Waals surface area (Å²) in [5.74, 6) is -0.0211. The number of carbonyl (C=O) groups excluding carboxylic acids is 2. The minimum absolute atomic E-state index is 0.0324. The van der Waals surface area contributed by atoms with Gasteiger partial charge < -0.3 is 24.6 Å². The van der Waals surface area contributed by atoms with Crippen molar-refractivity contribution in [2.24, 2.45) is 0 Å². The second-order valence-corrected chi connectivity index (χ2v) is 8.25. The van der Waals surface area contributed by atoms with Gasteiger partial charge in [0.25, 0.3) is 0 Å². The molecule has 1 aliphatic carbocycles. The first-order valence-electron chi connectivity index (χ1n) is 11.0. The normalized spacial score (nSPS) is 16.8. The molecule has 168 valence electrons. The molecule has 0 aromatic carbocycles. The zero-order chi connectivity index (χ0) is 22.7. The number of nitrogens with one attached hydrogen (secondary N) is 1. The maximum atomic E-state index is 12.4. The average Bonchev–Trinajstić information content (AvgIpc) is 3.36. The Balaban J connectivity index is 1.56. The Morgan fingerprint density at radius 2 is 1.97 bits per heavy atom. The molecule has 1 fully saturated rings. The highest BCUT2D eigenvalue weighted by Gasteiger charge is 2.30. The van der Waals surface area contributed by atoms with E-state index in [0.717, 1.165) is 42.5 Å². The minimum Gasteiger partial charge on any atom is -0.463 e. The van der Waals surface area contributed by atoms with Gasteiger partial charge in [-0.3, -0.25) is 9.59 Å². The van der Waals surface area contributed by atoms with Crippen molar-refractivity contribution in [3.05, 3.63) is 35.1 Å². The molecule has 0 saturated carbocycles. The standard InChI is InChI=1S/C23H27N5O4/c1-15(29)14-25-22(30)23(31)28-10-8-27(9-11-28)21-18(13-24)16-5-2-3-6-17(16)20(26-21)19-7-4-12-32-19/h4,7,12,15,29H,2-3,5-6,8-11,14H2,1H3,(H,25,30)/t15-/m0/s1. The smallest absolute Gasteiger partial charge is 0.312 e. The van der Waals surface area contributed by atoms with Crippen LogP contribution in [0.1, 0.15) is 36.5 Å². The van der Waals surface area contributed by atoms with Crippen LogP contribution in [-0.4, -0.2) is 65.6 Å². The lowest BCUT2D eigenvalue weighted by Crippen LogP contribution is -2.53. The number of nitrogens with zero attached hydrogens (tertiary/aromatic N) is 4. The molecule has 4 rings (SSSR count). The molecule has 2 amide bonds. The van der Waals surface area contributed by atoms with Gasteiger partial charge in [-0.15, -0.1) is 0 Å². The summed E-state index contributed by atoms with van der Waals surface area (Å²) in [5, 5.41) is 21.7. The monoisotopic (exact) mass is 437 g/mol. The van der Waals surface area contributed by atoms with Crippen molar-refractivity contribution in [1.82, 2.24) is 15.2 Å². The molecule has 9 nitrogen and oxygen atoms in total. The number of aromatic nitrogens is 1. The molecule has 9 heteroatoms. The predicted octanol–water partition coefficient (Wildman–Crippen LogP) is 1.24. The fourth-order valence-corrected chi connectivity index (χ4v) is 4.35. The predicted molar refractivity (Wildman–Crippen MR) is 117 cm³/mol. The fraction of sp³-hybridized carbons (Fsp3) is 0.478. The fourth-order valence-electron chi connectivity index (χ4n) is 4.35. The van der Waals surface area contributed by atoms with E-state index in [1.54, 1.807) is 13.2 Å². The Kier molecular flexibility index (Phi) is 6.42. The number of aliphatic hydroxyl groups is 1. The summed E-state index contributed by atoms with van der Waals surface area (Å²) in [7, 11) is 0. The van der Waals surface area contributed by atoms with E-state index in [2.05, 4.69) is 11.4 Å². The van der Waals surface area contributed by atoms with E-state index >= 15 is 0 Å². The van der Waals surface area contributed by atoms with Crippen molar-refractivity contribution in [2.45, 2.75) is 38.7 Å². The first-order chi connectivity index (χ1) is 15.5. The largest absolute Gasteiger partial charge is 0.463 e. The van der Waals surface area contributed by atoms with Crippen LogP contribution >= 0.6 is 0 Å². The lowest BCUT2D eigenvalue weighted by atomic mass is 9.87. The van der Waals surface area contributed by atoms with Gasteiger partial charge in [-0.25, -0.2) is 4.98 Å². The van der Waals surface area contributed by atoms with E-state index in [0.29, 0.717) is 43.3 Å². The molecule has 0 spiro atoms. The number of anilines is 1. The summed E-state index contributed by atoms with van der Waals surface area (Å²) in [6.07, 6.45) is 4.71. The van der Waals surface area contributed by atoms with Gasteiger partial charge >= 0.3 is 11.8 Å². The van der Waals surface area contributed by atoms with Crippen LogP contribution in [0.5, 0.6) is 0 Å². The van der Waals surface area contributed by atoms with E-state index in [4.69, 9.17) is 9.40 Å². The highest BCUT2D eigenvalue weighted by Crippen LogP contribution is 2.36. The second-order valence-electron chi connectivity index (χ2n) is 8.25. The van der Waals surface area contributed by atoms with Crippen molar-refractivity contribution in [3.8, 4) is 17.5 Å². The van der Waals surface area contributed by atoms with Gasteiger partial charge in [0.15, 0.2) is 5.76 Å². The van der Waals surface area contributed by atoms with E-state index in [1.165, 1.54) is 4.90 Å². The highest BCUT2D eigenvalue weighted by molar-refractivity contribution is 6.35. The number of hydrogen-bond donors (Lipinski definition) is 2. The molecular weight excluding hydrogens is 410 g/mol. The van der Waals surface area contributed by atoms with Crippen molar-refractivity contribution >= 4 is 17.6 Å². The maximum absolute atomic E-state index is 12.4. The van der Waals surface area contributed by atoms with Crippen LogP contribution in [0.25, 0.3) is 11.5 Å². The number of rotatable bonds is 4. The molecule has 1 atom stereocenters. The van der Waals surface area contributed by atoms with Gasteiger partial charge in [-0.2, -0.15) is 5.26 Å². The number of fused-ring (bicyclic) bond motifs is 1. The summed E-state index contributed by atoms with van der Waals surface area (Å²) in [6, 6.07) is 6.08. The molecule has 1 saturated heterocycles. The molecule has 0 unspecified atom stereocenters. The maximum Gasteiger partial charge on any atom is 0.312 e. The van der Waals surface area contributed by atoms with Crippen LogP contribution in [0.2, 0.25) is 0 Å². The Hall–Kier alpha value is -3.38. The number of furan rings is 1. The third-order valence-corrected chi connectivity index (χ3v) is 5.98. The van der Waals surface area contributed by atoms with E-state index in [9.17, 15) is 20.0 Å². The SMILES string of the molecule is C[C@H](O)CNC(=O)C(=O)N1CCN(c2nc(-c3ccco3)c3c(c2C#N)CCCC3)CC1. The summed E-state index contributed by atoms with van der Waals surface area (Å²) in [4.78, 5) is 32.8. The minimum atomic E-state index is -0.718. The summed E-state index contributed by atoms with van der Waals surface area (Å²) in [5.41, 5.74) is 3.53. The van der Waals surface area contributed by atoms with E-state index < -0.39 is 17.9 Å². The number of amides is 2. The number of pyridine rings is 1. The third-order valence-electron chi connectivity index (χ3n) is 5.98. The quantitative estimate of drug-likeness (QED) is 0.690. The van der Waals surface area contributed by atoms with E-state index in [1.807, 2.05) is 17.0 Å². The Bertz CT molecular complexity index is 1030. The van der Waals surface area contributed by atoms with Crippen molar-refractivity contribution < 1.29 is 19.1 Å². The van der Waals surface area contributed by atoms with Gasteiger partial charge in [-0.05, 0) is 55.9 Å². The van der Waals surface area contributed by atoms with Gasteiger partial charge in [0.2, 0.25) is 0 Å². The number of piperazine rings is 1. The molecule has 2 aromatic rings. The molecule has 0 bridgehead atoms. The topological polar surface area (TPSA) is 123 Å². The zero-order valence-corrected chi connectivity index (χ0v) is 18.1. The summed E-state index contributed by atoms with van der Waals surface area (Å²) < 4.78 is 5.64. The van der Waals surface area contributed by atoms with E-state index in [-0.39, 0.29) is 6.54 Å². The lowest BCUT2D eigenvalue weighted by molar-refractivity contribution is -0.146. The Morgan fingerprint density at radius 1 is 1.25 bits per heavy atom. The van der Waals surface area contributed by atoms with Gasteiger partial charge in [0.1, 0.15) is 17.6 Å². The molecular formula is C23H27N5O4. The van der Waals surface area contributed by atoms with Crippen molar-refractivity contribution in [1.29, 1.82) is 5.26 Å². The van der Waals surface area contributed by atoms with Crippen LogP contribution in [0.4, 0.5) is 5.82 Å². The first kappa shape index (κ1) is 21.8. The third kappa shape index (κ3) is 4.32. The highest BCUT2D eigenvalue weighted by atomic mass is 16.3. The molecule has 1 aliphatic heterocycles. The van der Waals surface area contributed by atoms with Crippen LogP contribution in [-0.2, 0) is 22.4 Å². The molecule has 2 N–H and O–H groups in total. The van der Waals surface area contributed by atoms with Crippen LogP contribution < -0.4 is 10.2 Å². The van der Waals surface area contributed by atoms with Crippen LogP contribution in [0.15, 0.2) is 22.8 Å². The van der Waals surface area contributed by atoms with Gasteiger partial charge in [0.05, 0.1) is 17.9 Å². The molecule has 2 aliphatic rings. The summed E-state index contributed by atoms with van der Waals surface area (Å²) in [6.45, 7) is 3.20. The molecule has 3 heterocycles. The lowest BCUT2D eigenvalue weighted by Gasteiger charge is -2.36. The molecule has 32 heavy (non-hydrogen) atoms. The second kappa shape index (κ2) is 9.40. The zero-order valence-electron chi connectivity index (χ0n) is 18.1. The average molecular weight is 438 g/mol. The Morgan fingerprint density at radius 3 is 2.59 bits per heavy atom. The molecule has 2 aromatic heterocycles. The van der Waals surface area contributed by atoms with Crippen LogP contribution in [0, 0.1) is 11.3 Å². The van der Waals surface area contributed by atoms with Crippen molar-refractivity contribution in [3.63, 3.8) is 0 Å². The molecule has 0 radical (unpaired) electrons. The summed E-state index contributed by atoms with van der Waals surface area (Å²) >= 11 is 0. The van der Waals surface area contributed by atoms with Gasteiger partial charge in [0, 0.05) is 32.7 Å². The number of hydrogen-bond acceptors (Lipinski definition) is 7. The number of carbonyl (C=O) groups is 2. The Labute approximate surface area is 186 Å². The van der Waals surface area contributed by atoms with Gasteiger partial charge in [-0.1, -0.05) is 0 Å².